The van der Waals surface area contributed by atoms with Gasteiger partial charge in [0.1, 0.15) is 5.76 Å². The summed E-state index contributed by atoms with van der Waals surface area (Å²) in [4.78, 5) is 2.24. The van der Waals surface area contributed by atoms with Crippen molar-refractivity contribution in [2.24, 2.45) is 13.0 Å². The molecule has 0 aliphatic carbocycles. The molecule has 2 rings (SSSR count). The minimum absolute atomic E-state index is 0.661. The fraction of sp³-hybridized carbons (Fsp3) is 0.562. The van der Waals surface area contributed by atoms with E-state index in [2.05, 4.69) is 42.3 Å². The van der Waals surface area contributed by atoms with Gasteiger partial charge >= 0.3 is 0 Å². The molecule has 0 bridgehead atoms. The van der Waals surface area contributed by atoms with E-state index in [4.69, 9.17) is 4.42 Å². The van der Waals surface area contributed by atoms with Crippen molar-refractivity contribution in [3.8, 4) is 0 Å². The Hall–Kier alpha value is -1.59. The van der Waals surface area contributed by atoms with Crippen LogP contribution in [-0.2, 0) is 26.7 Å². The Morgan fingerprint density at radius 1 is 1.38 bits per heavy atom. The summed E-state index contributed by atoms with van der Waals surface area (Å²) in [5, 5.41) is 7.66. The molecule has 2 aromatic rings. The lowest BCUT2D eigenvalue weighted by atomic mass is 10.2. The van der Waals surface area contributed by atoms with Gasteiger partial charge in [0.25, 0.3) is 0 Å². The van der Waals surface area contributed by atoms with E-state index >= 15 is 0 Å². The first kappa shape index (κ1) is 15.8. The van der Waals surface area contributed by atoms with Gasteiger partial charge in [-0.3, -0.25) is 9.58 Å². The second-order valence-corrected chi connectivity index (χ2v) is 6.09. The predicted octanol–water partition coefficient (Wildman–Crippen LogP) is 2.39. The molecule has 116 valence electrons. The summed E-state index contributed by atoms with van der Waals surface area (Å²) in [6, 6.07) is 2.06. The molecule has 5 heteroatoms. The average molecular weight is 290 g/mol. The van der Waals surface area contributed by atoms with Crippen LogP contribution in [0.15, 0.2) is 29.1 Å². The van der Waals surface area contributed by atoms with E-state index in [1.807, 2.05) is 24.1 Å². The first-order chi connectivity index (χ1) is 10.0. The van der Waals surface area contributed by atoms with E-state index in [0.29, 0.717) is 5.92 Å². The van der Waals surface area contributed by atoms with Crippen molar-refractivity contribution >= 4 is 0 Å². The van der Waals surface area contributed by atoms with E-state index in [9.17, 15) is 0 Å². The van der Waals surface area contributed by atoms with Crippen LogP contribution in [0.4, 0.5) is 0 Å². The molecule has 0 unspecified atom stereocenters. The number of furan rings is 1. The molecule has 0 aliphatic rings. The molecule has 0 saturated carbocycles. The molecular weight excluding hydrogens is 264 g/mol. The van der Waals surface area contributed by atoms with Crippen molar-refractivity contribution in [1.82, 2.24) is 20.0 Å². The normalized spacial score (nSPS) is 11.7. The number of nitrogens with zero attached hydrogens (tertiary/aromatic N) is 3. The maximum atomic E-state index is 5.63. The van der Waals surface area contributed by atoms with Crippen LogP contribution >= 0.6 is 0 Å². The minimum Gasteiger partial charge on any atom is -0.468 e. The maximum Gasteiger partial charge on any atom is 0.122 e. The van der Waals surface area contributed by atoms with E-state index < -0.39 is 0 Å². The fourth-order valence-electron chi connectivity index (χ4n) is 2.33. The van der Waals surface area contributed by atoms with Crippen LogP contribution in [0.1, 0.15) is 30.7 Å². The molecule has 0 saturated heterocycles. The van der Waals surface area contributed by atoms with E-state index in [1.54, 1.807) is 6.26 Å². The molecule has 5 nitrogen and oxygen atoms in total. The summed E-state index contributed by atoms with van der Waals surface area (Å²) in [5.74, 6) is 1.70. The Kier molecular flexibility index (Phi) is 5.59. The minimum atomic E-state index is 0.661. The molecule has 0 spiro atoms. The highest BCUT2D eigenvalue weighted by Gasteiger charge is 2.10. The summed E-state index contributed by atoms with van der Waals surface area (Å²) in [6.45, 7) is 7.99. The largest absolute Gasteiger partial charge is 0.468 e. The summed E-state index contributed by atoms with van der Waals surface area (Å²) in [7, 11) is 4.04. The Morgan fingerprint density at radius 3 is 2.86 bits per heavy atom. The maximum absolute atomic E-state index is 5.63. The predicted molar refractivity (Wildman–Crippen MR) is 83.6 cm³/mol. The quantitative estimate of drug-likeness (QED) is 0.811. The zero-order valence-corrected chi connectivity index (χ0v) is 13.5. The van der Waals surface area contributed by atoms with Crippen molar-refractivity contribution in [2.45, 2.75) is 33.5 Å². The van der Waals surface area contributed by atoms with Crippen molar-refractivity contribution in [1.29, 1.82) is 0 Å². The number of aromatic nitrogens is 2. The van der Waals surface area contributed by atoms with Gasteiger partial charge in [0, 0.05) is 37.5 Å². The van der Waals surface area contributed by atoms with Gasteiger partial charge in [-0.05, 0) is 25.6 Å². The second kappa shape index (κ2) is 7.43. The van der Waals surface area contributed by atoms with E-state index in [0.717, 1.165) is 31.9 Å². The molecule has 2 heterocycles. The highest BCUT2D eigenvalue weighted by molar-refractivity contribution is 5.17. The first-order valence-corrected chi connectivity index (χ1v) is 7.46. The zero-order valence-electron chi connectivity index (χ0n) is 13.5. The summed E-state index contributed by atoms with van der Waals surface area (Å²) < 4.78 is 7.46. The van der Waals surface area contributed by atoms with Crippen molar-refractivity contribution in [2.75, 3.05) is 13.6 Å². The Labute approximate surface area is 126 Å². The van der Waals surface area contributed by atoms with Crippen LogP contribution < -0.4 is 5.32 Å². The third-order valence-corrected chi connectivity index (χ3v) is 3.33. The summed E-state index contributed by atoms with van der Waals surface area (Å²) >= 11 is 0. The number of aryl methyl sites for hydroxylation is 1. The standard InChI is InChI=1S/C16H26N4O/c1-13(2)7-17-9-15-5-6-21-16(15)12-19(3)10-14-8-18-20(4)11-14/h5-6,8,11,13,17H,7,9-10,12H2,1-4H3. The SMILES string of the molecule is CC(C)CNCc1ccoc1CN(C)Cc1cnn(C)c1. The zero-order chi connectivity index (χ0) is 15.2. The Bertz CT molecular complexity index is 544. The Morgan fingerprint density at radius 2 is 2.19 bits per heavy atom. The van der Waals surface area contributed by atoms with Gasteiger partial charge in [0.05, 0.1) is 19.0 Å². The third-order valence-electron chi connectivity index (χ3n) is 3.33. The molecule has 21 heavy (non-hydrogen) atoms. The fourth-order valence-corrected chi connectivity index (χ4v) is 2.33. The molecule has 0 fully saturated rings. The van der Waals surface area contributed by atoms with E-state index in [1.165, 1.54) is 11.1 Å². The van der Waals surface area contributed by atoms with Crippen molar-refractivity contribution < 1.29 is 4.42 Å². The second-order valence-electron chi connectivity index (χ2n) is 6.09. The van der Waals surface area contributed by atoms with Crippen LogP contribution in [0.2, 0.25) is 0 Å². The number of nitrogens with one attached hydrogen (secondary N) is 1. The smallest absolute Gasteiger partial charge is 0.122 e. The van der Waals surface area contributed by atoms with E-state index in [-0.39, 0.29) is 0 Å². The molecule has 0 aliphatic heterocycles. The van der Waals surface area contributed by atoms with Gasteiger partial charge < -0.3 is 9.73 Å². The highest BCUT2D eigenvalue weighted by atomic mass is 16.3. The topological polar surface area (TPSA) is 46.2 Å². The molecule has 0 atom stereocenters. The number of hydrogen-bond donors (Lipinski definition) is 1. The number of hydrogen-bond acceptors (Lipinski definition) is 4. The summed E-state index contributed by atoms with van der Waals surface area (Å²) in [6.07, 6.45) is 5.73. The van der Waals surface area contributed by atoms with Crippen LogP contribution in [0.5, 0.6) is 0 Å². The molecular formula is C16H26N4O. The molecule has 0 aromatic carbocycles. The lowest BCUT2D eigenvalue weighted by Gasteiger charge is -2.15. The van der Waals surface area contributed by atoms with Crippen LogP contribution in [0, 0.1) is 5.92 Å². The lowest BCUT2D eigenvalue weighted by molar-refractivity contribution is 0.285. The van der Waals surface area contributed by atoms with Gasteiger partial charge in [-0.2, -0.15) is 5.10 Å². The molecule has 2 aromatic heterocycles. The monoisotopic (exact) mass is 290 g/mol. The Balaban J connectivity index is 1.86. The van der Waals surface area contributed by atoms with Crippen molar-refractivity contribution in [3.63, 3.8) is 0 Å². The number of rotatable bonds is 8. The van der Waals surface area contributed by atoms with Crippen molar-refractivity contribution in [3.05, 3.63) is 41.6 Å². The molecule has 0 radical (unpaired) electrons. The van der Waals surface area contributed by atoms with Gasteiger partial charge in [-0.25, -0.2) is 0 Å². The average Bonchev–Trinajstić information content (AvgIpc) is 2.99. The van der Waals surface area contributed by atoms with Crippen LogP contribution in [-0.4, -0.2) is 28.3 Å². The van der Waals surface area contributed by atoms with Gasteiger partial charge in [-0.1, -0.05) is 13.8 Å². The van der Waals surface area contributed by atoms with Crippen LogP contribution in [0.3, 0.4) is 0 Å². The van der Waals surface area contributed by atoms with Gasteiger partial charge in [0.15, 0.2) is 0 Å². The highest BCUT2D eigenvalue weighted by Crippen LogP contribution is 2.14. The summed E-state index contributed by atoms with van der Waals surface area (Å²) in [5.41, 5.74) is 2.46. The van der Waals surface area contributed by atoms with Crippen LogP contribution in [0.25, 0.3) is 0 Å². The molecule has 1 N–H and O–H groups in total. The third kappa shape index (κ3) is 5.02. The first-order valence-electron chi connectivity index (χ1n) is 7.46. The van der Waals surface area contributed by atoms with Gasteiger partial charge in [0.2, 0.25) is 0 Å². The molecule has 0 amide bonds. The van der Waals surface area contributed by atoms with Gasteiger partial charge in [-0.15, -0.1) is 0 Å². The lowest BCUT2D eigenvalue weighted by Crippen LogP contribution is -2.21.